The predicted octanol–water partition coefficient (Wildman–Crippen LogP) is 1.40. The molecule has 0 atom stereocenters. The zero-order valence-electron chi connectivity index (χ0n) is 19.9. The molecule has 0 bridgehead atoms. The molecule has 1 rings (SSSR count). The van der Waals surface area contributed by atoms with Gasteiger partial charge < -0.3 is 25.6 Å². The Hall–Kier alpha value is -2.03. The number of amides is 2. The summed E-state index contributed by atoms with van der Waals surface area (Å²) in [6, 6.07) is 0. The van der Waals surface area contributed by atoms with E-state index in [0.29, 0.717) is 19.0 Å². The van der Waals surface area contributed by atoms with Gasteiger partial charge in [0, 0.05) is 44.8 Å². The number of hydrogen-bond acceptors (Lipinski definition) is 5. The van der Waals surface area contributed by atoms with Crippen LogP contribution in [0.25, 0.3) is 0 Å². The second-order valence-corrected chi connectivity index (χ2v) is 9.58. The third kappa shape index (κ3) is 11.8. The Morgan fingerprint density at radius 2 is 1.63 bits per heavy atom. The summed E-state index contributed by atoms with van der Waals surface area (Å²) in [5.74, 6) is 0.555. The summed E-state index contributed by atoms with van der Waals surface area (Å²) in [5.41, 5.74) is -0.717. The van der Waals surface area contributed by atoms with Gasteiger partial charge in [-0.2, -0.15) is 0 Å². The lowest BCUT2D eigenvalue weighted by molar-refractivity contribution is -0.121. The number of ether oxygens (including phenoxy) is 1. The van der Waals surface area contributed by atoms with Crippen molar-refractivity contribution in [2.24, 2.45) is 4.99 Å². The average molecular weight is 427 g/mol. The average Bonchev–Trinajstić information content (AvgIpc) is 2.60. The maximum Gasteiger partial charge on any atom is 0.410 e. The van der Waals surface area contributed by atoms with E-state index in [9.17, 15) is 9.59 Å². The first-order valence-electron chi connectivity index (χ1n) is 10.9. The Labute approximate surface area is 182 Å². The molecule has 1 aliphatic heterocycles. The molecular weight excluding hydrogens is 384 g/mol. The molecule has 0 radical (unpaired) electrons. The van der Waals surface area contributed by atoms with Gasteiger partial charge in [0.1, 0.15) is 12.1 Å². The molecule has 0 aromatic carbocycles. The number of nitrogens with zero attached hydrogens (tertiary/aromatic N) is 3. The molecule has 1 fully saturated rings. The standard InChI is InChI=1S/C21H42N6O3/c1-8-22-18(24-16-17(28)25-20(2,3)4)23-10-9-11-26-12-14-27(15-13-26)19(29)30-21(5,6)7/h8-16H2,1-7H3,(H,25,28)(H2,22,23,24). The van der Waals surface area contributed by atoms with Crippen molar-refractivity contribution < 1.29 is 14.3 Å². The third-order valence-corrected chi connectivity index (χ3v) is 4.21. The molecule has 9 heteroatoms. The minimum Gasteiger partial charge on any atom is -0.444 e. The summed E-state index contributed by atoms with van der Waals surface area (Å²) in [5, 5.41) is 9.35. The Bertz CT molecular complexity index is 572. The van der Waals surface area contributed by atoms with Crippen LogP contribution in [0.3, 0.4) is 0 Å². The largest absolute Gasteiger partial charge is 0.444 e. The number of carbonyl (C=O) groups excluding carboxylic acids is 2. The first kappa shape index (κ1) is 26.0. The quantitative estimate of drug-likeness (QED) is 0.323. The maximum atomic E-state index is 12.1. The highest BCUT2D eigenvalue weighted by Crippen LogP contribution is 2.11. The van der Waals surface area contributed by atoms with Gasteiger partial charge in [0.2, 0.25) is 5.91 Å². The Morgan fingerprint density at radius 3 is 2.17 bits per heavy atom. The molecule has 174 valence electrons. The van der Waals surface area contributed by atoms with Gasteiger partial charge in [0.25, 0.3) is 0 Å². The highest BCUT2D eigenvalue weighted by molar-refractivity contribution is 5.85. The second kappa shape index (κ2) is 12.0. The van der Waals surface area contributed by atoms with Crippen LogP contribution in [0.4, 0.5) is 4.79 Å². The van der Waals surface area contributed by atoms with Crippen molar-refractivity contribution in [2.45, 2.75) is 66.0 Å². The molecule has 2 amide bonds. The summed E-state index contributed by atoms with van der Waals surface area (Å²) in [6.45, 7) is 19.1. The smallest absolute Gasteiger partial charge is 0.410 e. The van der Waals surface area contributed by atoms with E-state index >= 15 is 0 Å². The Balaban J connectivity index is 2.30. The van der Waals surface area contributed by atoms with Gasteiger partial charge in [-0.25, -0.2) is 9.79 Å². The van der Waals surface area contributed by atoms with Crippen LogP contribution in [0.5, 0.6) is 0 Å². The number of carbonyl (C=O) groups is 2. The topological polar surface area (TPSA) is 98.3 Å². The first-order chi connectivity index (χ1) is 13.9. The van der Waals surface area contributed by atoms with Crippen molar-refractivity contribution >= 4 is 18.0 Å². The van der Waals surface area contributed by atoms with E-state index in [1.54, 1.807) is 4.90 Å². The van der Waals surface area contributed by atoms with Gasteiger partial charge in [0.15, 0.2) is 5.96 Å². The third-order valence-electron chi connectivity index (χ3n) is 4.21. The Morgan fingerprint density at radius 1 is 1.00 bits per heavy atom. The lowest BCUT2D eigenvalue weighted by Gasteiger charge is -2.35. The minimum absolute atomic E-state index is 0.0949. The zero-order valence-corrected chi connectivity index (χ0v) is 19.9. The second-order valence-electron chi connectivity index (χ2n) is 9.58. The van der Waals surface area contributed by atoms with E-state index < -0.39 is 5.60 Å². The van der Waals surface area contributed by atoms with Crippen molar-refractivity contribution in [3.63, 3.8) is 0 Å². The molecule has 3 N–H and O–H groups in total. The molecule has 1 aliphatic rings. The van der Waals surface area contributed by atoms with Crippen LogP contribution >= 0.6 is 0 Å². The van der Waals surface area contributed by atoms with Crippen LogP contribution in [0, 0.1) is 0 Å². The summed E-state index contributed by atoms with van der Waals surface area (Å²) >= 11 is 0. The fourth-order valence-corrected chi connectivity index (χ4v) is 2.94. The van der Waals surface area contributed by atoms with Crippen molar-refractivity contribution in [2.75, 3.05) is 52.4 Å². The lowest BCUT2D eigenvalue weighted by atomic mass is 10.1. The molecule has 0 saturated carbocycles. The molecule has 0 aromatic rings. The summed E-state index contributed by atoms with van der Waals surface area (Å²) in [6.07, 6.45) is 0.719. The van der Waals surface area contributed by atoms with E-state index in [1.165, 1.54) is 0 Å². The highest BCUT2D eigenvalue weighted by Gasteiger charge is 2.25. The Kier molecular flexibility index (Phi) is 10.4. The maximum absolute atomic E-state index is 12.1. The lowest BCUT2D eigenvalue weighted by Crippen LogP contribution is -2.50. The van der Waals surface area contributed by atoms with Crippen molar-refractivity contribution in [1.29, 1.82) is 0 Å². The van der Waals surface area contributed by atoms with Crippen molar-refractivity contribution in [3.05, 3.63) is 0 Å². The zero-order chi connectivity index (χ0) is 22.8. The van der Waals surface area contributed by atoms with E-state index in [0.717, 1.165) is 39.1 Å². The fraction of sp³-hybridized carbons (Fsp3) is 0.857. The SMILES string of the molecule is CCNC(=NCC(=O)NC(C)(C)C)NCCCN1CCN(C(=O)OC(C)(C)C)CC1. The van der Waals surface area contributed by atoms with E-state index in [2.05, 4.69) is 25.8 Å². The molecule has 0 aromatic heterocycles. The highest BCUT2D eigenvalue weighted by atomic mass is 16.6. The molecule has 0 aliphatic carbocycles. The summed E-state index contributed by atoms with van der Waals surface area (Å²) < 4.78 is 5.44. The van der Waals surface area contributed by atoms with Crippen molar-refractivity contribution in [3.8, 4) is 0 Å². The van der Waals surface area contributed by atoms with Crippen LogP contribution in [-0.4, -0.2) is 91.3 Å². The van der Waals surface area contributed by atoms with Gasteiger partial charge in [-0.05, 0) is 61.4 Å². The van der Waals surface area contributed by atoms with E-state index in [1.807, 2.05) is 48.5 Å². The van der Waals surface area contributed by atoms with Crippen LogP contribution in [0.15, 0.2) is 4.99 Å². The molecule has 1 saturated heterocycles. The van der Waals surface area contributed by atoms with Gasteiger partial charge >= 0.3 is 6.09 Å². The molecule has 9 nitrogen and oxygen atoms in total. The van der Waals surface area contributed by atoms with Crippen LogP contribution in [0.2, 0.25) is 0 Å². The molecule has 0 unspecified atom stereocenters. The molecule has 0 spiro atoms. The van der Waals surface area contributed by atoms with Gasteiger partial charge in [-0.15, -0.1) is 0 Å². The van der Waals surface area contributed by atoms with E-state index in [4.69, 9.17) is 4.74 Å². The van der Waals surface area contributed by atoms with Gasteiger partial charge in [-0.1, -0.05) is 0 Å². The monoisotopic (exact) mass is 426 g/mol. The van der Waals surface area contributed by atoms with Crippen LogP contribution < -0.4 is 16.0 Å². The van der Waals surface area contributed by atoms with Gasteiger partial charge in [0.05, 0.1) is 0 Å². The number of guanidine groups is 1. The summed E-state index contributed by atoms with van der Waals surface area (Å²) in [7, 11) is 0. The molecule has 30 heavy (non-hydrogen) atoms. The number of aliphatic imine (C=N–C) groups is 1. The van der Waals surface area contributed by atoms with Crippen LogP contribution in [-0.2, 0) is 9.53 Å². The first-order valence-corrected chi connectivity index (χ1v) is 10.9. The van der Waals surface area contributed by atoms with Gasteiger partial charge in [-0.3, -0.25) is 9.69 Å². The van der Waals surface area contributed by atoms with Crippen LogP contribution in [0.1, 0.15) is 54.9 Å². The molecule has 1 heterocycles. The normalized spacial score (nSPS) is 16.2. The minimum atomic E-state index is -0.459. The van der Waals surface area contributed by atoms with Crippen molar-refractivity contribution in [1.82, 2.24) is 25.8 Å². The van der Waals surface area contributed by atoms with E-state index in [-0.39, 0.29) is 24.1 Å². The number of hydrogen-bond donors (Lipinski definition) is 3. The molecular formula is C21H42N6O3. The fourth-order valence-electron chi connectivity index (χ4n) is 2.94. The predicted molar refractivity (Wildman–Crippen MR) is 121 cm³/mol. The number of piperazine rings is 1. The summed E-state index contributed by atoms with van der Waals surface area (Å²) in [4.78, 5) is 32.5. The number of rotatable bonds is 7. The number of nitrogens with one attached hydrogen (secondary N) is 3.